The molecule has 0 saturated heterocycles. The van der Waals surface area contributed by atoms with Gasteiger partial charge in [-0.15, -0.1) is 0 Å². The summed E-state index contributed by atoms with van der Waals surface area (Å²) >= 11 is 0. The summed E-state index contributed by atoms with van der Waals surface area (Å²) in [6.45, 7) is 0. The third-order valence-electron chi connectivity index (χ3n) is 0.855. The fourth-order valence-corrected chi connectivity index (χ4v) is 0.451. The molecule has 10 heavy (non-hydrogen) atoms. The molecule has 1 heterocycles. The molecule has 0 atom stereocenters. The average Bonchev–Trinajstić information content (AvgIpc) is 2.05. The summed E-state index contributed by atoms with van der Waals surface area (Å²) in [7, 11) is 0. The van der Waals surface area contributed by atoms with E-state index in [0.717, 1.165) is 0 Å². The van der Waals surface area contributed by atoms with Crippen molar-refractivity contribution >= 4 is 5.97 Å². The number of hydrogen-bond acceptors (Lipinski definition) is 5. The van der Waals surface area contributed by atoms with Gasteiger partial charge >= 0.3 is 5.97 Å². The second-order valence-electron chi connectivity index (χ2n) is 1.47. The number of carbonyl (C=O) groups excluding carboxylic acids is 1. The van der Waals surface area contributed by atoms with Crippen LogP contribution in [0.15, 0.2) is 18.6 Å². The van der Waals surface area contributed by atoms with Crippen LogP contribution in [0.25, 0.3) is 0 Å². The molecule has 0 amide bonds. The summed E-state index contributed by atoms with van der Waals surface area (Å²) < 4.78 is 0. The van der Waals surface area contributed by atoms with Gasteiger partial charge < -0.3 is 0 Å². The van der Waals surface area contributed by atoms with Crippen molar-refractivity contribution in [3.05, 3.63) is 24.3 Å². The summed E-state index contributed by atoms with van der Waals surface area (Å²) in [5, 5.41) is 7.87. The van der Waals surface area contributed by atoms with Crippen LogP contribution in [0.2, 0.25) is 0 Å². The Morgan fingerprint density at radius 2 is 2.40 bits per heavy atom. The molecule has 0 spiro atoms. The highest BCUT2D eigenvalue weighted by Crippen LogP contribution is 1.90. The van der Waals surface area contributed by atoms with E-state index in [1.165, 1.54) is 18.6 Å². The third-order valence-corrected chi connectivity index (χ3v) is 0.855. The van der Waals surface area contributed by atoms with Crippen LogP contribution < -0.4 is 0 Å². The first-order valence-electron chi connectivity index (χ1n) is 2.46. The van der Waals surface area contributed by atoms with Gasteiger partial charge in [0.2, 0.25) is 0 Å². The minimum absolute atomic E-state index is 0.0231. The lowest BCUT2D eigenvalue weighted by Crippen LogP contribution is -2.03. The van der Waals surface area contributed by atoms with Gasteiger partial charge in [-0.25, -0.2) is 9.78 Å². The van der Waals surface area contributed by atoms with E-state index in [0.29, 0.717) is 0 Å². The predicted molar refractivity (Wildman–Crippen MR) is 30.1 cm³/mol. The Hall–Kier alpha value is -1.49. The predicted octanol–water partition coefficient (Wildman–Crippen LogP) is 0.106. The first kappa shape index (κ1) is 6.63. The number of carbonyl (C=O) groups is 1. The minimum atomic E-state index is -0.909. The van der Waals surface area contributed by atoms with Crippen LogP contribution in [0.4, 0.5) is 0 Å². The SMILES string of the molecule is O=C(OO)c1cnccn1. The summed E-state index contributed by atoms with van der Waals surface area (Å²) in [6.07, 6.45) is 3.93. The molecular weight excluding hydrogens is 136 g/mol. The second-order valence-corrected chi connectivity index (χ2v) is 1.47. The molecule has 0 saturated carbocycles. The Labute approximate surface area is 56.2 Å². The minimum Gasteiger partial charge on any atom is -0.294 e. The van der Waals surface area contributed by atoms with Crippen molar-refractivity contribution in [2.24, 2.45) is 0 Å². The van der Waals surface area contributed by atoms with E-state index < -0.39 is 5.97 Å². The Balaban J connectivity index is 2.85. The van der Waals surface area contributed by atoms with Gasteiger partial charge in [0, 0.05) is 12.4 Å². The molecule has 1 aromatic heterocycles. The maximum atomic E-state index is 10.4. The van der Waals surface area contributed by atoms with E-state index in [2.05, 4.69) is 14.9 Å². The molecule has 52 valence electrons. The number of hydrogen-bond donors (Lipinski definition) is 1. The Kier molecular flexibility index (Phi) is 1.91. The van der Waals surface area contributed by atoms with E-state index in [9.17, 15) is 4.79 Å². The van der Waals surface area contributed by atoms with Gasteiger partial charge in [-0.1, -0.05) is 0 Å². The van der Waals surface area contributed by atoms with Crippen LogP contribution in [0.3, 0.4) is 0 Å². The Bertz CT molecular complexity index is 224. The largest absolute Gasteiger partial charge is 0.392 e. The third kappa shape index (κ3) is 1.26. The molecule has 0 unspecified atom stereocenters. The highest BCUT2D eigenvalue weighted by atomic mass is 17.1. The second kappa shape index (κ2) is 2.88. The van der Waals surface area contributed by atoms with Crippen LogP contribution in [-0.2, 0) is 4.89 Å². The van der Waals surface area contributed by atoms with Crippen molar-refractivity contribution < 1.29 is 14.9 Å². The van der Waals surface area contributed by atoms with Gasteiger partial charge in [0.1, 0.15) is 0 Å². The monoisotopic (exact) mass is 140 g/mol. The molecule has 0 bridgehead atoms. The number of rotatable bonds is 1. The summed E-state index contributed by atoms with van der Waals surface area (Å²) in [4.78, 5) is 21.0. The smallest absolute Gasteiger partial charge is 0.294 e. The van der Waals surface area contributed by atoms with Crippen LogP contribution in [-0.4, -0.2) is 21.2 Å². The fraction of sp³-hybridized carbons (Fsp3) is 0. The molecule has 1 N–H and O–H groups in total. The van der Waals surface area contributed by atoms with Gasteiger partial charge in [-0.2, -0.15) is 5.26 Å². The van der Waals surface area contributed by atoms with E-state index >= 15 is 0 Å². The molecule has 1 rings (SSSR count). The van der Waals surface area contributed by atoms with Crippen molar-refractivity contribution in [1.29, 1.82) is 0 Å². The fourth-order valence-electron chi connectivity index (χ4n) is 0.451. The quantitative estimate of drug-likeness (QED) is 0.442. The molecule has 0 aromatic carbocycles. The zero-order chi connectivity index (χ0) is 7.40. The van der Waals surface area contributed by atoms with Crippen LogP contribution in [0.1, 0.15) is 10.5 Å². The summed E-state index contributed by atoms with van der Waals surface area (Å²) in [6, 6.07) is 0. The molecule has 0 aliphatic rings. The lowest BCUT2D eigenvalue weighted by molar-refractivity contribution is -0.183. The number of nitrogens with zero attached hydrogens (tertiary/aromatic N) is 2. The maximum absolute atomic E-state index is 10.4. The molecule has 5 nitrogen and oxygen atoms in total. The molecular formula is C5H4N2O3. The average molecular weight is 140 g/mol. The van der Waals surface area contributed by atoms with Crippen LogP contribution in [0, 0.1) is 0 Å². The molecule has 0 aliphatic carbocycles. The van der Waals surface area contributed by atoms with E-state index in [4.69, 9.17) is 5.26 Å². The first-order valence-corrected chi connectivity index (χ1v) is 2.46. The molecule has 5 heteroatoms. The van der Waals surface area contributed by atoms with Crippen molar-refractivity contribution in [2.75, 3.05) is 0 Å². The zero-order valence-electron chi connectivity index (χ0n) is 4.89. The lowest BCUT2D eigenvalue weighted by Gasteiger charge is -1.91. The van der Waals surface area contributed by atoms with Gasteiger partial charge in [0.05, 0.1) is 6.20 Å². The Morgan fingerprint density at radius 3 is 2.90 bits per heavy atom. The van der Waals surface area contributed by atoms with Gasteiger partial charge in [0.25, 0.3) is 0 Å². The molecule has 0 radical (unpaired) electrons. The highest BCUT2D eigenvalue weighted by molar-refractivity contribution is 5.86. The van der Waals surface area contributed by atoms with Crippen LogP contribution >= 0.6 is 0 Å². The number of aromatic nitrogens is 2. The highest BCUT2D eigenvalue weighted by Gasteiger charge is 2.06. The van der Waals surface area contributed by atoms with Gasteiger partial charge in [-0.05, 0) is 0 Å². The molecule has 1 aromatic rings. The molecule has 0 aliphatic heterocycles. The summed E-state index contributed by atoms with van der Waals surface area (Å²) in [5.41, 5.74) is -0.0231. The van der Waals surface area contributed by atoms with Crippen molar-refractivity contribution in [1.82, 2.24) is 9.97 Å². The van der Waals surface area contributed by atoms with E-state index in [1.54, 1.807) is 0 Å². The summed E-state index contributed by atoms with van der Waals surface area (Å²) in [5.74, 6) is -0.909. The topological polar surface area (TPSA) is 72.3 Å². The van der Waals surface area contributed by atoms with Gasteiger partial charge in [0.15, 0.2) is 5.69 Å². The van der Waals surface area contributed by atoms with Crippen LogP contribution in [0.5, 0.6) is 0 Å². The van der Waals surface area contributed by atoms with E-state index in [1.807, 2.05) is 0 Å². The van der Waals surface area contributed by atoms with E-state index in [-0.39, 0.29) is 5.69 Å². The standard InChI is InChI=1S/C5H4N2O3/c8-5(10-9)4-3-6-1-2-7-4/h1-3,9H. The normalized spacial score (nSPS) is 8.90. The van der Waals surface area contributed by atoms with Gasteiger partial charge in [-0.3, -0.25) is 9.87 Å². The molecule has 0 fully saturated rings. The van der Waals surface area contributed by atoms with Crippen molar-refractivity contribution in [3.63, 3.8) is 0 Å². The van der Waals surface area contributed by atoms with Crippen molar-refractivity contribution in [3.8, 4) is 0 Å². The maximum Gasteiger partial charge on any atom is 0.392 e. The first-order chi connectivity index (χ1) is 4.84. The van der Waals surface area contributed by atoms with Crippen molar-refractivity contribution in [2.45, 2.75) is 0 Å². The Morgan fingerprint density at radius 1 is 1.60 bits per heavy atom. The lowest BCUT2D eigenvalue weighted by atomic mass is 10.5. The zero-order valence-corrected chi connectivity index (χ0v) is 4.89.